The SMILES string of the molecule is Cn1ccnc1CCNCC#N. The van der Waals surface area contributed by atoms with E-state index in [-0.39, 0.29) is 0 Å². The van der Waals surface area contributed by atoms with E-state index in [4.69, 9.17) is 5.26 Å². The second-order valence-corrected chi connectivity index (χ2v) is 2.54. The number of rotatable bonds is 4. The van der Waals surface area contributed by atoms with Gasteiger partial charge >= 0.3 is 0 Å². The number of aryl methyl sites for hydroxylation is 1. The van der Waals surface area contributed by atoms with Gasteiger partial charge in [0.2, 0.25) is 0 Å². The van der Waals surface area contributed by atoms with Crippen molar-refractivity contribution in [2.45, 2.75) is 6.42 Å². The van der Waals surface area contributed by atoms with Crippen molar-refractivity contribution in [3.05, 3.63) is 18.2 Å². The molecule has 0 bridgehead atoms. The topological polar surface area (TPSA) is 53.6 Å². The summed E-state index contributed by atoms with van der Waals surface area (Å²) in [5.74, 6) is 1.04. The first kappa shape index (κ1) is 8.75. The summed E-state index contributed by atoms with van der Waals surface area (Å²) < 4.78 is 1.98. The molecule has 1 N–H and O–H groups in total. The fraction of sp³-hybridized carbons (Fsp3) is 0.500. The van der Waals surface area contributed by atoms with Gasteiger partial charge in [-0.05, 0) is 0 Å². The molecule has 0 aliphatic carbocycles. The third kappa shape index (κ3) is 2.36. The lowest BCUT2D eigenvalue weighted by Crippen LogP contribution is -2.18. The Balaban J connectivity index is 2.25. The largest absolute Gasteiger partial charge is 0.338 e. The molecule has 0 saturated heterocycles. The van der Waals surface area contributed by atoms with Gasteiger partial charge in [0, 0.05) is 32.4 Å². The van der Waals surface area contributed by atoms with Crippen LogP contribution in [0.5, 0.6) is 0 Å². The normalized spacial score (nSPS) is 9.67. The number of imidazole rings is 1. The fourth-order valence-electron chi connectivity index (χ4n) is 0.982. The van der Waals surface area contributed by atoms with Gasteiger partial charge in [0.25, 0.3) is 0 Å². The summed E-state index contributed by atoms with van der Waals surface area (Å²) in [7, 11) is 1.96. The monoisotopic (exact) mass is 164 g/mol. The quantitative estimate of drug-likeness (QED) is 0.506. The minimum atomic E-state index is 0.407. The number of nitrogens with one attached hydrogen (secondary N) is 1. The first-order valence-corrected chi connectivity index (χ1v) is 3.88. The zero-order chi connectivity index (χ0) is 8.81. The van der Waals surface area contributed by atoms with Gasteiger partial charge in [-0.2, -0.15) is 5.26 Å². The van der Waals surface area contributed by atoms with Gasteiger partial charge in [0.15, 0.2) is 0 Å². The van der Waals surface area contributed by atoms with Crippen LogP contribution in [0.1, 0.15) is 5.82 Å². The molecular weight excluding hydrogens is 152 g/mol. The molecule has 0 saturated carbocycles. The Morgan fingerprint density at radius 3 is 3.17 bits per heavy atom. The summed E-state index contributed by atoms with van der Waals surface area (Å²) in [6.07, 6.45) is 4.56. The lowest BCUT2D eigenvalue weighted by molar-refractivity contribution is 0.696. The van der Waals surface area contributed by atoms with Gasteiger partial charge in [-0.15, -0.1) is 0 Å². The fourth-order valence-corrected chi connectivity index (χ4v) is 0.982. The maximum Gasteiger partial charge on any atom is 0.109 e. The van der Waals surface area contributed by atoms with Crippen molar-refractivity contribution < 1.29 is 0 Å². The van der Waals surface area contributed by atoms with E-state index in [2.05, 4.69) is 10.3 Å². The second-order valence-electron chi connectivity index (χ2n) is 2.54. The maximum atomic E-state index is 8.24. The zero-order valence-electron chi connectivity index (χ0n) is 7.12. The summed E-state index contributed by atoms with van der Waals surface area (Å²) in [5, 5.41) is 11.2. The molecule has 1 rings (SSSR count). The van der Waals surface area contributed by atoms with Crippen molar-refractivity contribution in [1.82, 2.24) is 14.9 Å². The molecule has 64 valence electrons. The predicted molar refractivity (Wildman–Crippen MR) is 45.4 cm³/mol. The molecule has 0 aliphatic rings. The molecule has 0 fully saturated rings. The molecule has 1 aromatic rings. The number of nitriles is 1. The maximum absolute atomic E-state index is 8.24. The van der Waals surface area contributed by atoms with E-state index < -0.39 is 0 Å². The van der Waals surface area contributed by atoms with Gasteiger partial charge in [-0.3, -0.25) is 0 Å². The number of hydrogen-bond donors (Lipinski definition) is 1. The molecule has 0 aromatic carbocycles. The van der Waals surface area contributed by atoms with Crippen LogP contribution in [0, 0.1) is 11.3 Å². The van der Waals surface area contributed by atoms with Crippen molar-refractivity contribution in [3.63, 3.8) is 0 Å². The minimum Gasteiger partial charge on any atom is -0.338 e. The van der Waals surface area contributed by atoms with E-state index in [0.29, 0.717) is 6.54 Å². The van der Waals surface area contributed by atoms with E-state index in [9.17, 15) is 0 Å². The Kier molecular flexibility index (Phi) is 3.30. The predicted octanol–water partition coefficient (Wildman–Crippen LogP) is 0.0758. The van der Waals surface area contributed by atoms with E-state index in [1.807, 2.05) is 23.9 Å². The summed E-state index contributed by atoms with van der Waals surface area (Å²) in [4.78, 5) is 4.15. The Morgan fingerprint density at radius 2 is 2.58 bits per heavy atom. The molecule has 0 aliphatic heterocycles. The highest BCUT2D eigenvalue weighted by molar-refractivity contribution is 4.91. The zero-order valence-corrected chi connectivity index (χ0v) is 7.12. The van der Waals surface area contributed by atoms with Crippen LogP contribution in [0.4, 0.5) is 0 Å². The molecule has 12 heavy (non-hydrogen) atoms. The van der Waals surface area contributed by atoms with Crippen LogP contribution in [-0.4, -0.2) is 22.6 Å². The van der Waals surface area contributed by atoms with Crippen LogP contribution in [0.2, 0.25) is 0 Å². The Labute approximate surface area is 71.8 Å². The van der Waals surface area contributed by atoms with E-state index in [1.54, 1.807) is 6.20 Å². The summed E-state index contributed by atoms with van der Waals surface area (Å²) >= 11 is 0. The molecule has 0 radical (unpaired) electrons. The van der Waals surface area contributed by atoms with Crippen LogP contribution in [0.25, 0.3) is 0 Å². The second kappa shape index (κ2) is 4.52. The summed E-state index contributed by atoms with van der Waals surface area (Å²) in [6, 6.07) is 2.02. The van der Waals surface area contributed by atoms with Crippen LogP contribution in [0.3, 0.4) is 0 Å². The summed E-state index contributed by atoms with van der Waals surface area (Å²) in [6.45, 7) is 1.21. The highest BCUT2D eigenvalue weighted by atomic mass is 15.0. The standard InChI is InChI=1S/C8H12N4/c1-12-7-6-11-8(12)2-4-10-5-3-9/h6-7,10H,2,4-5H2,1H3. The Hall–Kier alpha value is -1.34. The molecular formula is C8H12N4. The van der Waals surface area contributed by atoms with Crippen LogP contribution in [0.15, 0.2) is 12.4 Å². The molecule has 1 heterocycles. The molecule has 0 spiro atoms. The smallest absolute Gasteiger partial charge is 0.109 e. The van der Waals surface area contributed by atoms with Gasteiger partial charge in [-0.25, -0.2) is 4.98 Å². The van der Waals surface area contributed by atoms with Crippen molar-refractivity contribution in [2.75, 3.05) is 13.1 Å². The van der Waals surface area contributed by atoms with Crippen LogP contribution >= 0.6 is 0 Å². The molecule has 4 nitrogen and oxygen atoms in total. The third-order valence-corrected chi connectivity index (χ3v) is 1.65. The van der Waals surface area contributed by atoms with E-state index in [1.165, 1.54) is 0 Å². The van der Waals surface area contributed by atoms with Gasteiger partial charge in [0.1, 0.15) is 5.82 Å². The lowest BCUT2D eigenvalue weighted by atomic mass is 10.4. The highest BCUT2D eigenvalue weighted by Gasteiger charge is 1.96. The van der Waals surface area contributed by atoms with E-state index >= 15 is 0 Å². The average Bonchev–Trinajstić information content (AvgIpc) is 2.46. The van der Waals surface area contributed by atoms with Crippen molar-refractivity contribution in [2.24, 2.45) is 7.05 Å². The van der Waals surface area contributed by atoms with Gasteiger partial charge in [0.05, 0.1) is 12.6 Å². The first-order valence-electron chi connectivity index (χ1n) is 3.88. The van der Waals surface area contributed by atoms with Crippen molar-refractivity contribution in [3.8, 4) is 6.07 Å². The number of aromatic nitrogens is 2. The average molecular weight is 164 g/mol. The third-order valence-electron chi connectivity index (χ3n) is 1.65. The lowest BCUT2D eigenvalue weighted by Gasteiger charge is -2.00. The molecule has 0 unspecified atom stereocenters. The molecule has 0 atom stereocenters. The van der Waals surface area contributed by atoms with Crippen LogP contribution in [-0.2, 0) is 13.5 Å². The van der Waals surface area contributed by atoms with Crippen molar-refractivity contribution >= 4 is 0 Å². The van der Waals surface area contributed by atoms with Crippen molar-refractivity contribution in [1.29, 1.82) is 5.26 Å². The summed E-state index contributed by atoms with van der Waals surface area (Å²) in [5.41, 5.74) is 0. The number of hydrogen-bond acceptors (Lipinski definition) is 3. The molecule has 1 aromatic heterocycles. The first-order chi connectivity index (χ1) is 5.84. The van der Waals surface area contributed by atoms with Crippen LogP contribution < -0.4 is 5.32 Å². The van der Waals surface area contributed by atoms with E-state index in [0.717, 1.165) is 18.8 Å². The minimum absolute atomic E-state index is 0.407. The molecule has 0 amide bonds. The highest BCUT2D eigenvalue weighted by Crippen LogP contribution is 1.93. The van der Waals surface area contributed by atoms with Gasteiger partial charge in [-0.1, -0.05) is 0 Å². The van der Waals surface area contributed by atoms with Gasteiger partial charge < -0.3 is 9.88 Å². The molecule has 4 heteroatoms. The Bertz CT molecular complexity index is 271. The number of nitrogens with zero attached hydrogens (tertiary/aromatic N) is 3. The Morgan fingerprint density at radius 1 is 1.75 bits per heavy atom.